The van der Waals surface area contributed by atoms with E-state index >= 15 is 0 Å². The van der Waals surface area contributed by atoms with Crippen LogP contribution in [0.1, 0.15) is 26.2 Å². The lowest BCUT2D eigenvalue weighted by molar-refractivity contribution is 0.0275. The Morgan fingerprint density at radius 1 is 1.00 bits per heavy atom. The molecule has 0 bridgehead atoms. The standard InChI is InChI=1S/C13H27NO4/c1-2-3-4-5-6-7-14(8-12(17)10-15)9-13(18)11-16/h5-6,12-13,15-18H,2-4,7-11H2,1H3/b6-5+. The number of hydrogen-bond donors (Lipinski definition) is 4. The van der Waals surface area contributed by atoms with Crippen LogP contribution in [0.5, 0.6) is 0 Å². The summed E-state index contributed by atoms with van der Waals surface area (Å²) in [6.45, 7) is 2.70. The molecule has 0 saturated heterocycles. The summed E-state index contributed by atoms with van der Waals surface area (Å²) in [5, 5.41) is 36.4. The van der Waals surface area contributed by atoms with E-state index in [9.17, 15) is 10.2 Å². The fourth-order valence-corrected chi connectivity index (χ4v) is 1.60. The zero-order valence-electron chi connectivity index (χ0n) is 11.2. The molecule has 18 heavy (non-hydrogen) atoms. The fourth-order valence-electron chi connectivity index (χ4n) is 1.60. The minimum atomic E-state index is -0.820. The molecule has 0 aromatic heterocycles. The Kier molecular flexibility index (Phi) is 11.3. The third-order valence-corrected chi connectivity index (χ3v) is 2.61. The van der Waals surface area contributed by atoms with Gasteiger partial charge in [0.25, 0.3) is 0 Å². The van der Waals surface area contributed by atoms with Gasteiger partial charge in [-0.25, -0.2) is 0 Å². The first kappa shape index (κ1) is 17.5. The van der Waals surface area contributed by atoms with Crippen LogP contribution in [0.3, 0.4) is 0 Å². The van der Waals surface area contributed by atoms with Crippen molar-refractivity contribution in [3.8, 4) is 0 Å². The molecule has 0 aromatic carbocycles. The molecule has 0 radical (unpaired) electrons. The van der Waals surface area contributed by atoms with Crippen LogP contribution in [0.2, 0.25) is 0 Å². The number of aliphatic hydroxyl groups excluding tert-OH is 4. The van der Waals surface area contributed by atoms with Gasteiger partial charge in [-0.2, -0.15) is 0 Å². The highest BCUT2D eigenvalue weighted by Gasteiger charge is 2.13. The lowest BCUT2D eigenvalue weighted by Gasteiger charge is -2.24. The first-order chi connectivity index (χ1) is 8.63. The zero-order valence-corrected chi connectivity index (χ0v) is 11.2. The molecule has 0 fully saturated rings. The summed E-state index contributed by atoms with van der Waals surface area (Å²) in [7, 11) is 0. The van der Waals surface area contributed by atoms with E-state index in [1.807, 2.05) is 11.0 Å². The second-order valence-corrected chi connectivity index (χ2v) is 4.50. The molecular weight excluding hydrogens is 234 g/mol. The van der Waals surface area contributed by atoms with Crippen LogP contribution in [0.4, 0.5) is 0 Å². The summed E-state index contributed by atoms with van der Waals surface area (Å²) < 4.78 is 0. The van der Waals surface area contributed by atoms with Crippen LogP contribution < -0.4 is 0 Å². The van der Waals surface area contributed by atoms with Crippen molar-refractivity contribution in [2.75, 3.05) is 32.8 Å². The van der Waals surface area contributed by atoms with E-state index in [2.05, 4.69) is 13.0 Å². The third kappa shape index (κ3) is 9.56. The molecule has 4 N–H and O–H groups in total. The minimum absolute atomic E-state index is 0.283. The van der Waals surface area contributed by atoms with Gasteiger partial charge in [0.15, 0.2) is 0 Å². The average molecular weight is 261 g/mol. The largest absolute Gasteiger partial charge is 0.394 e. The zero-order chi connectivity index (χ0) is 13.8. The van der Waals surface area contributed by atoms with Gasteiger partial charge in [-0.3, -0.25) is 4.90 Å². The molecular formula is C13H27NO4. The van der Waals surface area contributed by atoms with Gasteiger partial charge in [0.05, 0.1) is 25.4 Å². The lowest BCUT2D eigenvalue weighted by atomic mass is 10.2. The first-order valence-corrected chi connectivity index (χ1v) is 6.59. The number of unbranched alkanes of at least 4 members (excludes halogenated alkanes) is 2. The van der Waals surface area contributed by atoms with Crippen LogP contribution in [0.15, 0.2) is 12.2 Å². The van der Waals surface area contributed by atoms with Crippen LogP contribution in [-0.2, 0) is 0 Å². The fraction of sp³-hybridized carbons (Fsp3) is 0.846. The molecule has 0 spiro atoms. The smallest absolute Gasteiger partial charge is 0.0897 e. The summed E-state index contributed by atoms with van der Waals surface area (Å²) in [5.74, 6) is 0. The van der Waals surface area contributed by atoms with Gasteiger partial charge in [0, 0.05) is 19.6 Å². The van der Waals surface area contributed by atoms with E-state index in [1.54, 1.807) is 0 Å². The Hall–Kier alpha value is -0.460. The van der Waals surface area contributed by atoms with Crippen LogP contribution >= 0.6 is 0 Å². The van der Waals surface area contributed by atoms with Gasteiger partial charge in [0.1, 0.15) is 0 Å². The van der Waals surface area contributed by atoms with E-state index in [0.717, 1.165) is 19.3 Å². The van der Waals surface area contributed by atoms with E-state index < -0.39 is 12.2 Å². The molecule has 0 amide bonds. The summed E-state index contributed by atoms with van der Waals surface area (Å²) in [6, 6.07) is 0. The number of nitrogens with zero attached hydrogens (tertiary/aromatic N) is 1. The van der Waals surface area contributed by atoms with Crippen molar-refractivity contribution in [1.82, 2.24) is 4.90 Å². The molecule has 5 nitrogen and oxygen atoms in total. The van der Waals surface area contributed by atoms with Crippen molar-refractivity contribution >= 4 is 0 Å². The Labute approximate surface area is 109 Å². The maximum absolute atomic E-state index is 9.39. The SMILES string of the molecule is CCCC/C=C/CN(CC(O)CO)CC(O)CO. The number of allylic oxidation sites excluding steroid dienone is 1. The maximum atomic E-state index is 9.39. The summed E-state index contributed by atoms with van der Waals surface area (Å²) >= 11 is 0. The van der Waals surface area contributed by atoms with Crippen molar-refractivity contribution in [3.63, 3.8) is 0 Å². The number of hydrogen-bond acceptors (Lipinski definition) is 5. The summed E-state index contributed by atoms with van der Waals surface area (Å²) in [6.07, 6.45) is 5.75. The normalized spacial score (nSPS) is 15.4. The van der Waals surface area contributed by atoms with Gasteiger partial charge in [-0.15, -0.1) is 0 Å². The van der Waals surface area contributed by atoms with Crippen molar-refractivity contribution in [3.05, 3.63) is 12.2 Å². The topological polar surface area (TPSA) is 84.2 Å². The van der Waals surface area contributed by atoms with Crippen molar-refractivity contribution in [2.45, 2.75) is 38.4 Å². The molecule has 0 aliphatic carbocycles. The lowest BCUT2D eigenvalue weighted by Crippen LogP contribution is -2.40. The van der Waals surface area contributed by atoms with Crippen molar-refractivity contribution in [2.24, 2.45) is 0 Å². The maximum Gasteiger partial charge on any atom is 0.0897 e. The highest BCUT2D eigenvalue weighted by atomic mass is 16.3. The first-order valence-electron chi connectivity index (χ1n) is 6.59. The molecule has 5 heteroatoms. The molecule has 2 unspecified atom stereocenters. The second kappa shape index (κ2) is 11.6. The monoisotopic (exact) mass is 261 g/mol. The molecule has 0 aromatic rings. The molecule has 0 rings (SSSR count). The van der Waals surface area contributed by atoms with Crippen molar-refractivity contribution in [1.29, 1.82) is 0 Å². The number of rotatable bonds is 11. The Morgan fingerprint density at radius 2 is 1.56 bits per heavy atom. The molecule has 0 heterocycles. The molecule has 0 saturated carbocycles. The van der Waals surface area contributed by atoms with Gasteiger partial charge >= 0.3 is 0 Å². The predicted octanol–water partition coefficient (Wildman–Crippen LogP) is -0.259. The van der Waals surface area contributed by atoms with Gasteiger partial charge in [-0.05, 0) is 6.42 Å². The highest BCUT2D eigenvalue weighted by Crippen LogP contribution is 1.99. The quantitative estimate of drug-likeness (QED) is 0.304. The van der Waals surface area contributed by atoms with Gasteiger partial charge in [0.2, 0.25) is 0 Å². The summed E-state index contributed by atoms with van der Waals surface area (Å²) in [4.78, 5) is 1.81. The molecule has 0 aliphatic rings. The van der Waals surface area contributed by atoms with Crippen LogP contribution in [0.25, 0.3) is 0 Å². The third-order valence-electron chi connectivity index (χ3n) is 2.61. The average Bonchev–Trinajstić information content (AvgIpc) is 2.37. The van der Waals surface area contributed by atoms with Crippen LogP contribution in [-0.4, -0.2) is 70.4 Å². The Balaban J connectivity index is 4.07. The number of aliphatic hydroxyl groups is 4. The van der Waals surface area contributed by atoms with Gasteiger partial charge in [-0.1, -0.05) is 31.9 Å². The van der Waals surface area contributed by atoms with E-state index in [4.69, 9.17) is 10.2 Å². The molecule has 2 atom stereocenters. The van der Waals surface area contributed by atoms with E-state index in [-0.39, 0.29) is 26.3 Å². The Morgan fingerprint density at radius 3 is 2.00 bits per heavy atom. The van der Waals surface area contributed by atoms with Crippen LogP contribution in [0, 0.1) is 0 Å². The predicted molar refractivity (Wildman–Crippen MR) is 71.3 cm³/mol. The van der Waals surface area contributed by atoms with E-state index in [1.165, 1.54) is 0 Å². The van der Waals surface area contributed by atoms with Crippen molar-refractivity contribution < 1.29 is 20.4 Å². The minimum Gasteiger partial charge on any atom is -0.394 e. The molecule has 108 valence electrons. The highest BCUT2D eigenvalue weighted by molar-refractivity contribution is 4.86. The second-order valence-electron chi connectivity index (χ2n) is 4.50. The van der Waals surface area contributed by atoms with E-state index in [0.29, 0.717) is 6.54 Å². The van der Waals surface area contributed by atoms with Gasteiger partial charge < -0.3 is 20.4 Å². The Bertz CT molecular complexity index is 199. The summed E-state index contributed by atoms with van der Waals surface area (Å²) in [5.41, 5.74) is 0. The molecule has 0 aliphatic heterocycles.